The molecule has 0 fully saturated rings. The molecule has 0 spiro atoms. The first kappa shape index (κ1) is 12.4. The van der Waals surface area contributed by atoms with E-state index in [9.17, 15) is 0 Å². The molecule has 0 N–H and O–H groups in total. The summed E-state index contributed by atoms with van der Waals surface area (Å²) in [6.45, 7) is 0. The Morgan fingerprint density at radius 2 is 1.44 bits per heavy atom. The van der Waals surface area contributed by atoms with Crippen molar-refractivity contribution in [2.75, 3.05) is 0 Å². The zero-order valence-corrected chi connectivity index (χ0v) is 10.5. The summed E-state index contributed by atoms with van der Waals surface area (Å²) in [4.78, 5) is 0. The second-order valence-electron chi connectivity index (χ2n) is 0.886. The average Bonchev–Trinajstić information content (AvgIpc) is 1.69. The van der Waals surface area contributed by atoms with Gasteiger partial charge in [-0.05, 0) is 0 Å². The summed E-state index contributed by atoms with van der Waals surface area (Å²) in [5, 5.41) is 16.1. The molecule has 0 unspecified atom stereocenters. The number of rotatable bonds is 0. The monoisotopic (exact) mass is 278 g/mol. The normalized spacial score (nSPS) is 5.56. The fourth-order valence-electron chi connectivity index (χ4n) is 0.116. The number of hydrogen-bond donors (Lipinski definition) is 0. The molecule has 0 aromatic rings. The topological polar surface area (TPSA) is 47.6 Å². The minimum absolute atomic E-state index is 0. The van der Waals surface area contributed by atoms with Crippen LogP contribution in [-0.2, 0) is 25.3 Å². The van der Waals surface area contributed by atoms with E-state index in [1.807, 2.05) is 0 Å². The van der Waals surface area contributed by atoms with Crippen LogP contribution in [0.15, 0.2) is 9.81 Å². The van der Waals surface area contributed by atoms with Crippen molar-refractivity contribution in [3.63, 3.8) is 0 Å². The maximum Gasteiger partial charge on any atom is 2.00 e. The molecule has 0 aliphatic carbocycles. The van der Waals surface area contributed by atoms with Crippen LogP contribution in [0.4, 0.5) is 0 Å². The second kappa shape index (κ2) is 6.85. The molecule has 0 bridgehead atoms. The van der Waals surface area contributed by atoms with E-state index in [0.29, 0.717) is 0 Å². The van der Waals surface area contributed by atoms with Gasteiger partial charge in [-0.3, -0.25) is 0 Å². The first-order valence-electron chi connectivity index (χ1n) is 1.61. The SMILES string of the molecule is N#CC(C#N)=C([S-])[S-].[Ba+2]. The van der Waals surface area contributed by atoms with Crippen molar-refractivity contribution < 1.29 is 0 Å². The van der Waals surface area contributed by atoms with E-state index in [1.54, 1.807) is 12.1 Å². The molecule has 0 heterocycles. The van der Waals surface area contributed by atoms with E-state index in [4.69, 9.17) is 10.5 Å². The second-order valence-corrected chi connectivity index (χ2v) is 1.96. The predicted molar refractivity (Wildman–Crippen MR) is 38.7 cm³/mol. The minimum Gasteiger partial charge on any atom is -0.805 e. The molecule has 0 saturated carbocycles. The van der Waals surface area contributed by atoms with Gasteiger partial charge in [-0.1, -0.05) is 0 Å². The summed E-state index contributed by atoms with van der Waals surface area (Å²) < 4.78 is -0.0602. The fourth-order valence-corrected chi connectivity index (χ4v) is 0.299. The van der Waals surface area contributed by atoms with Crippen LogP contribution >= 0.6 is 0 Å². The largest absolute Gasteiger partial charge is 2.00 e. The Balaban J connectivity index is 0. The van der Waals surface area contributed by atoms with Crippen molar-refractivity contribution in [2.45, 2.75) is 0 Å². The van der Waals surface area contributed by atoms with Gasteiger partial charge >= 0.3 is 48.9 Å². The molecule has 0 radical (unpaired) electrons. The zero-order chi connectivity index (χ0) is 6.57. The van der Waals surface area contributed by atoms with Crippen LogP contribution in [0, 0.1) is 22.7 Å². The number of hydrogen-bond acceptors (Lipinski definition) is 4. The van der Waals surface area contributed by atoms with Crippen LogP contribution in [0.25, 0.3) is 0 Å². The molecule has 0 aromatic carbocycles. The predicted octanol–water partition coefficient (Wildman–Crippen LogP) is -0.0418. The van der Waals surface area contributed by atoms with Crippen molar-refractivity contribution >= 4 is 74.1 Å². The fraction of sp³-hybridized carbons (Fsp3) is 0. The zero-order valence-electron chi connectivity index (χ0n) is 4.42. The molecule has 9 heavy (non-hydrogen) atoms. The Labute approximate surface area is 105 Å². The standard InChI is InChI=1S/C4H2N2S2.Ba/c5-1-3(2-6)4(7)8;/h7-8H;/q;+2/p-2. The summed E-state index contributed by atoms with van der Waals surface area (Å²) in [5.74, 6) is 0. The summed E-state index contributed by atoms with van der Waals surface area (Å²) >= 11 is 8.70. The van der Waals surface area contributed by atoms with Crippen LogP contribution < -0.4 is 0 Å². The Morgan fingerprint density at radius 3 is 1.44 bits per heavy atom. The molecule has 2 nitrogen and oxygen atoms in total. The van der Waals surface area contributed by atoms with Crippen LogP contribution in [0.3, 0.4) is 0 Å². The van der Waals surface area contributed by atoms with Gasteiger partial charge < -0.3 is 29.5 Å². The minimum atomic E-state index is -0.157. The van der Waals surface area contributed by atoms with E-state index in [0.717, 1.165) is 0 Å². The molecule has 0 saturated heterocycles. The maximum absolute atomic E-state index is 8.03. The number of nitriles is 2. The van der Waals surface area contributed by atoms with Gasteiger partial charge in [-0.25, -0.2) is 0 Å². The van der Waals surface area contributed by atoms with Crippen LogP contribution in [-0.4, -0.2) is 48.9 Å². The van der Waals surface area contributed by atoms with Crippen LogP contribution in [0.5, 0.6) is 0 Å². The van der Waals surface area contributed by atoms with Gasteiger partial charge in [0.2, 0.25) is 0 Å². The number of nitrogens with zero attached hydrogens (tertiary/aromatic N) is 2. The molecule has 0 aliphatic heterocycles. The number of allylic oxidation sites excluding steroid dienone is 1. The third-order valence-corrected chi connectivity index (χ3v) is 0.836. The quantitative estimate of drug-likeness (QED) is 0.354. The maximum atomic E-state index is 8.03. The van der Waals surface area contributed by atoms with Crippen molar-refractivity contribution in [1.82, 2.24) is 0 Å². The van der Waals surface area contributed by atoms with E-state index >= 15 is 0 Å². The molecule has 0 amide bonds. The smallest absolute Gasteiger partial charge is 0.805 e. The van der Waals surface area contributed by atoms with E-state index in [2.05, 4.69) is 25.3 Å². The van der Waals surface area contributed by atoms with Gasteiger partial charge in [-0.15, -0.1) is 0 Å². The van der Waals surface area contributed by atoms with Gasteiger partial charge in [0, 0.05) is 0 Å². The molecular formula is C4BaN2S2. The molecule has 0 atom stereocenters. The average molecular weight is 278 g/mol. The van der Waals surface area contributed by atoms with Gasteiger partial charge in [0.05, 0.1) is 5.57 Å². The summed E-state index contributed by atoms with van der Waals surface area (Å²) in [5.41, 5.74) is -0.157. The Bertz CT molecular complexity index is 178. The molecule has 0 aromatic heterocycles. The van der Waals surface area contributed by atoms with Gasteiger partial charge in [0.25, 0.3) is 0 Å². The third-order valence-electron chi connectivity index (χ3n) is 0.428. The molecule has 40 valence electrons. The summed E-state index contributed by atoms with van der Waals surface area (Å²) in [7, 11) is 0. The van der Waals surface area contributed by atoms with Crippen molar-refractivity contribution in [3.05, 3.63) is 9.81 Å². The van der Waals surface area contributed by atoms with Gasteiger partial charge in [0.15, 0.2) is 0 Å². The third kappa shape index (κ3) is 5.19. The summed E-state index contributed by atoms with van der Waals surface area (Å²) in [6, 6.07) is 3.12. The van der Waals surface area contributed by atoms with Gasteiger partial charge in [-0.2, -0.15) is 10.5 Å². The van der Waals surface area contributed by atoms with E-state index in [1.165, 1.54) is 0 Å². The summed E-state index contributed by atoms with van der Waals surface area (Å²) in [6.07, 6.45) is 0. The molecule has 0 aliphatic rings. The van der Waals surface area contributed by atoms with Crippen LogP contribution in [0.2, 0.25) is 0 Å². The first-order chi connectivity index (χ1) is 3.72. The van der Waals surface area contributed by atoms with Crippen LogP contribution in [0.1, 0.15) is 0 Å². The van der Waals surface area contributed by atoms with E-state index < -0.39 is 0 Å². The van der Waals surface area contributed by atoms with Crippen molar-refractivity contribution in [2.24, 2.45) is 0 Å². The van der Waals surface area contributed by atoms with Gasteiger partial charge in [0.1, 0.15) is 12.1 Å². The van der Waals surface area contributed by atoms with Crippen molar-refractivity contribution in [1.29, 1.82) is 10.5 Å². The molecule has 0 rings (SSSR count). The molecule has 5 heteroatoms. The van der Waals surface area contributed by atoms with Crippen molar-refractivity contribution in [3.8, 4) is 12.1 Å². The Morgan fingerprint density at radius 1 is 1.11 bits per heavy atom. The Kier molecular flexibility index (Phi) is 9.44. The first-order valence-corrected chi connectivity index (χ1v) is 2.42. The Hall–Kier alpha value is 0.731. The van der Waals surface area contributed by atoms with E-state index in [-0.39, 0.29) is 58.7 Å². The molecular weight excluding hydrogens is 278 g/mol.